The Hall–Kier alpha value is -3.46. The highest BCUT2D eigenvalue weighted by Gasteiger charge is 2.25. The van der Waals surface area contributed by atoms with E-state index < -0.39 is 6.04 Å². The number of carbonyl (C=O) groups excluding carboxylic acids is 2. The first-order valence-corrected chi connectivity index (χ1v) is 12.6. The number of Topliss-reactive ketones (excluding diaryl/α,β-unsaturated/α-hetero) is 1. The summed E-state index contributed by atoms with van der Waals surface area (Å²) in [7, 11) is 1.58. The van der Waals surface area contributed by atoms with Crippen molar-refractivity contribution in [3.8, 4) is 17.2 Å². The van der Waals surface area contributed by atoms with Gasteiger partial charge in [-0.1, -0.05) is 38.0 Å². The second-order valence-electron chi connectivity index (χ2n) is 8.89. The van der Waals surface area contributed by atoms with Crippen molar-refractivity contribution in [3.63, 3.8) is 0 Å². The quantitative estimate of drug-likeness (QED) is 0.377. The van der Waals surface area contributed by atoms with E-state index in [4.69, 9.17) is 13.9 Å². The number of hydrogen-bond acceptors (Lipinski definition) is 7. The summed E-state index contributed by atoms with van der Waals surface area (Å²) in [6.07, 6.45) is 6.05. The van der Waals surface area contributed by atoms with E-state index >= 15 is 0 Å². The molecule has 1 aliphatic rings. The number of unbranched alkanes of at least 4 members (excludes halogenated alkanes) is 2. The van der Waals surface area contributed by atoms with Gasteiger partial charge in [-0.3, -0.25) is 4.79 Å². The van der Waals surface area contributed by atoms with Crippen molar-refractivity contribution < 1.29 is 23.5 Å². The average Bonchev–Trinajstić information content (AvgIpc) is 3.41. The van der Waals surface area contributed by atoms with Crippen LogP contribution in [0.4, 0.5) is 4.79 Å². The second-order valence-corrected chi connectivity index (χ2v) is 8.89. The van der Waals surface area contributed by atoms with Gasteiger partial charge in [0.25, 0.3) is 0 Å². The number of carbonyl (C=O) groups is 2. The first-order chi connectivity index (χ1) is 17.6. The Kier molecular flexibility index (Phi) is 8.89. The topological polar surface area (TPSA) is 107 Å². The van der Waals surface area contributed by atoms with Gasteiger partial charge in [0.1, 0.15) is 11.8 Å². The number of morpholine rings is 1. The molecule has 0 radical (unpaired) electrons. The zero-order chi connectivity index (χ0) is 25.3. The van der Waals surface area contributed by atoms with E-state index in [9.17, 15) is 9.59 Å². The van der Waals surface area contributed by atoms with Crippen molar-refractivity contribution in [1.29, 1.82) is 0 Å². The number of urea groups is 1. The molecule has 0 bridgehead atoms. The summed E-state index contributed by atoms with van der Waals surface area (Å²) < 4.78 is 17.1. The Balaban J connectivity index is 1.52. The standard InChI is InChI=1S/C27H34N4O5/c1-3-20(32)10-5-4-6-12-23(30-27(33)31-13-15-35-16-14-31)26-28-18-24(36-26)21-17-19-9-7-8-11-22(19)29-25(21)34-2/h7-9,11,17-18,23H,3-6,10,12-16H2,1-2H3,(H,30,33)/t23-/m0/s1. The SMILES string of the molecule is CCC(=O)CCCCC[C@H](NC(=O)N1CCOCC1)c1ncc(-c2cc3ccccc3nc2OC)o1. The normalized spacial score (nSPS) is 14.6. The van der Waals surface area contributed by atoms with Crippen molar-refractivity contribution >= 4 is 22.7 Å². The Morgan fingerprint density at radius 2 is 1.97 bits per heavy atom. The zero-order valence-corrected chi connectivity index (χ0v) is 21.0. The molecule has 192 valence electrons. The number of amides is 2. The molecule has 36 heavy (non-hydrogen) atoms. The van der Waals surface area contributed by atoms with Crippen LogP contribution in [0.3, 0.4) is 0 Å². The van der Waals surface area contributed by atoms with Gasteiger partial charge < -0.3 is 24.1 Å². The zero-order valence-electron chi connectivity index (χ0n) is 21.0. The van der Waals surface area contributed by atoms with Crippen LogP contribution in [0.1, 0.15) is 57.4 Å². The van der Waals surface area contributed by atoms with Gasteiger partial charge in [-0.15, -0.1) is 0 Å². The fraction of sp³-hybridized carbons (Fsp3) is 0.481. The van der Waals surface area contributed by atoms with E-state index in [1.807, 2.05) is 37.3 Å². The van der Waals surface area contributed by atoms with Crippen LogP contribution in [0, 0.1) is 0 Å². The van der Waals surface area contributed by atoms with E-state index in [0.717, 1.165) is 30.2 Å². The predicted molar refractivity (Wildman–Crippen MR) is 136 cm³/mol. The molecule has 4 rings (SSSR count). The molecular weight excluding hydrogens is 460 g/mol. The maximum Gasteiger partial charge on any atom is 0.318 e. The van der Waals surface area contributed by atoms with Crippen LogP contribution in [0.15, 0.2) is 40.9 Å². The van der Waals surface area contributed by atoms with Gasteiger partial charge in [-0.25, -0.2) is 14.8 Å². The number of ketones is 1. The summed E-state index contributed by atoms with van der Waals surface area (Å²) in [5.41, 5.74) is 1.53. The number of benzene rings is 1. The molecule has 0 aliphatic carbocycles. The van der Waals surface area contributed by atoms with Crippen LogP contribution in [-0.2, 0) is 9.53 Å². The summed E-state index contributed by atoms with van der Waals surface area (Å²) in [5.74, 6) is 1.69. The van der Waals surface area contributed by atoms with E-state index in [0.29, 0.717) is 68.7 Å². The van der Waals surface area contributed by atoms with E-state index in [1.165, 1.54) is 0 Å². The number of para-hydroxylation sites is 1. The number of nitrogens with zero attached hydrogens (tertiary/aromatic N) is 3. The lowest BCUT2D eigenvalue weighted by Crippen LogP contribution is -2.47. The van der Waals surface area contributed by atoms with Crippen LogP contribution in [0.25, 0.3) is 22.2 Å². The Morgan fingerprint density at radius 1 is 1.17 bits per heavy atom. The minimum Gasteiger partial charge on any atom is -0.480 e. The fourth-order valence-electron chi connectivity index (χ4n) is 4.29. The Labute approximate surface area is 211 Å². The molecule has 2 aromatic heterocycles. The van der Waals surface area contributed by atoms with E-state index in [2.05, 4.69) is 15.3 Å². The van der Waals surface area contributed by atoms with Crippen LogP contribution < -0.4 is 10.1 Å². The van der Waals surface area contributed by atoms with Crippen LogP contribution >= 0.6 is 0 Å². The first kappa shape index (κ1) is 25.6. The molecule has 3 aromatic rings. The lowest BCUT2D eigenvalue weighted by Gasteiger charge is -2.28. The largest absolute Gasteiger partial charge is 0.480 e. The maximum atomic E-state index is 12.9. The third-order valence-electron chi connectivity index (χ3n) is 6.41. The highest BCUT2D eigenvalue weighted by molar-refractivity contribution is 5.85. The number of nitrogens with one attached hydrogen (secondary N) is 1. The van der Waals surface area contributed by atoms with Crippen molar-refractivity contribution in [2.75, 3.05) is 33.4 Å². The minimum atomic E-state index is -0.393. The molecule has 0 saturated carbocycles. The van der Waals surface area contributed by atoms with Gasteiger partial charge in [-0.05, 0) is 25.0 Å². The summed E-state index contributed by atoms with van der Waals surface area (Å²) in [6, 6.07) is 9.22. The lowest BCUT2D eigenvalue weighted by molar-refractivity contribution is -0.118. The van der Waals surface area contributed by atoms with E-state index in [1.54, 1.807) is 18.2 Å². The lowest BCUT2D eigenvalue weighted by atomic mass is 10.1. The molecule has 1 aromatic carbocycles. The molecule has 9 nitrogen and oxygen atoms in total. The fourth-order valence-corrected chi connectivity index (χ4v) is 4.29. The summed E-state index contributed by atoms with van der Waals surface area (Å²) in [6.45, 7) is 4.05. The van der Waals surface area contributed by atoms with Crippen LogP contribution in [0.5, 0.6) is 5.88 Å². The van der Waals surface area contributed by atoms with Crippen molar-refractivity contribution in [1.82, 2.24) is 20.2 Å². The molecular formula is C27H34N4O5. The number of rotatable bonds is 11. The molecule has 3 heterocycles. The molecule has 0 spiro atoms. The number of oxazole rings is 1. The van der Waals surface area contributed by atoms with Gasteiger partial charge in [0.05, 0.1) is 37.6 Å². The average molecular weight is 495 g/mol. The number of hydrogen-bond donors (Lipinski definition) is 1. The summed E-state index contributed by atoms with van der Waals surface area (Å²) in [5, 5.41) is 4.06. The monoisotopic (exact) mass is 494 g/mol. The third kappa shape index (κ3) is 6.40. The minimum absolute atomic E-state index is 0.158. The number of pyridine rings is 1. The van der Waals surface area contributed by atoms with Crippen LogP contribution in [-0.4, -0.2) is 60.1 Å². The predicted octanol–water partition coefficient (Wildman–Crippen LogP) is 4.91. The highest BCUT2D eigenvalue weighted by atomic mass is 16.5. The first-order valence-electron chi connectivity index (χ1n) is 12.6. The van der Waals surface area contributed by atoms with Crippen LogP contribution in [0.2, 0.25) is 0 Å². The van der Waals surface area contributed by atoms with E-state index in [-0.39, 0.29) is 11.8 Å². The van der Waals surface area contributed by atoms with Gasteiger partial charge >= 0.3 is 6.03 Å². The Bertz CT molecular complexity index is 1170. The van der Waals surface area contributed by atoms with Crippen molar-refractivity contribution in [2.24, 2.45) is 0 Å². The third-order valence-corrected chi connectivity index (χ3v) is 6.41. The number of methoxy groups -OCH3 is 1. The van der Waals surface area contributed by atoms with Gasteiger partial charge in [0.15, 0.2) is 5.76 Å². The molecule has 1 atom stereocenters. The highest BCUT2D eigenvalue weighted by Crippen LogP contribution is 2.33. The summed E-state index contributed by atoms with van der Waals surface area (Å²) >= 11 is 0. The number of aromatic nitrogens is 2. The molecule has 1 saturated heterocycles. The molecule has 0 unspecified atom stereocenters. The molecule has 1 aliphatic heterocycles. The number of fused-ring (bicyclic) bond motifs is 1. The Morgan fingerprint density at radius 3 is 2.75 bits per heavy atom. The molecule has 9 heteroatoms. The summed E-state index contributed by atoms with van der Waals surface area (Å²) in [4.78, 5) is 35.4. The molecule has 2 amide bonds. The smallest absolute Gasteiger partial charge is 0.318 e. The van der Waals surface area contributed by atoms with Gasteiger partial charge in [0.2, 0.25) is 11.8 Å². The molecule has 1 fully saturated rings. The van der Waals surface area contributed by atoms with Crippen molar-refractivity contribution in [3.05, 3.63) is 42.4 Å². The van der Waals surface area contributed by atoms with Gasteiger partial charge in [-0.2, -0.15) is 0 Å². The van der Waals surface area contributed by atoms with Gasteiger partial charge in [0, 0.05) is 31.3 Å². The second kappa shape index (κ2) is 12.5. The maximum absolute atomic E-state index is 12.9. The number of ether oxygens (including phenoxy) is 2. The molecule has 1 N–H and O–H groups in total. The van der Waals surface area contributed by atoms with Crippen molar-refractivity contribution in [2.45, 2.75) is 51.5 Å².